The molecule has 9 heteroatoms. The fraction of sp³-hybridized carbons (Fsp3) is 0.143. The van der Waals surface area contributed by atoms with Gasteiger partial charge in [0.2, 0.25) is 5.88 Å². The van der Waals surface area contributed by atoms with Crippen LogP contribution in [0.2, 0.25) is 5.02 Å². The number of halogens is 1. The number of aromatic amines is 1. The molecule has 1 N–H and O–H groups in total. The van der Waals surface area contributed by atoms with Crippen LogP contribution in [-0.4, -0.2) is 26.0 Å². The molecule has 152 valence electrons. The molecule has 7 nitrogen and oxygen atoms in total. The smallest absolute Gasteiger partial charge is 0.279 e. The first-order valence-electron chi connectivity index (χ1n) is 8.99. The van der Waals surface area contributed by atoms with Crippen LogP contribution in [0.25, 0.3) is 16.6 Å². The predicted molar refractivity (Wildman–Crippen MR) is 119 cm³/mol. The standard InChI is InChI=1S/C21H17ClN4O3S/c1-11-8-13(9-12(2)18(11)22)29-17-10-16(23-21(24-17)30-3)26-20(28)15-7-5-4-6-14(15)19(27)25-26/h4-10H,1-3H3,(H,25,27). The minimum atomic E-state index is -0.389. The van der Waals surface area contributed by atoms with Crippen molar-refractivity contribution in [2.24, 2.45) is 0 Å². The SMILES string of the molecule is CSc1nc(Oc2cc(C)c(Cl)c(C)c2)cc(-n2[nH]c(=O)c3ccccc3c2=O)n1. The maximum Gasteiger partial charge on any atom is 0.279 e. The zero-order valence-electron chi connectivity index (χ0n) is 16.4. The molecule has 2 heterocycles. The summed E-state index contributed by atoms with van der Waals surface area (Å²) in [5.74, 6) is 1.01. The molecule has 0 saturated heterocycles. The monoisotopic (exact) mass is 440 g/mol. The number of nitrogens with zero attached hydrogens (tertiary/aromatic N) is 3. The molecule has 0 radical (unpaired) electrons. The van der Waals surface area contributed by atoms with Gasteiger partial charge in [-0.05, 0) is 55.5 Å². The molecule has 4 aromatic rings. The Kier molecular flexibility index (Phi) is 5.36. The van der Waals surface area contributed by atoms with E-state index in [1.165, 1.54) is 17.8 Å². The first kappa shape index (κ1) is 20.2. The Morgan fingerprint density at radius 2 is 1.70 bits per heavy atom. The van der Waals surface area contributed by atoms with E-state index >= 15 is 0 Å². The van der Waals surface area contributed by atoms with Gasteiger partial charge in [0, 0.05) is 11.1 Å². The second-order valence-corrected chi connectivity index (χ2v) is 7.80. The van der Waals surface area contributed by atoms with Gasteiger partial charge in [-0.3, -0.25) is 14.7 Å². The van der Waals surface area contributed by atoms with Crippen molar-refractivity contribution >= 4 is 34.1 Å². The quantitative estimate of drug-likeness (QED) is 0.377. The number of ether oxygens (including phenoxy) is 1. The molecule has 0 fully saturated rings. The van der Waals surface area contributed by atoms with Crippen LogP contribution >= 0.6 is 23.4 Å². The van der Waals surface area contributed by atoms with Gasteiger partial charge in [0.1, 0.15) is 5.75 Å². The highest BCUT2D eigenvalue weighted by molar-refractivity contribution is 7.98. The van der Waals surface area contributed by atoms with E-state index in [1.54, 1.807) is 36.4 Å². The molecular weight excluding hydrogens is 424 g/mol. The number of benzene rings is 2. The van der Waals surface area contributed by atoms with Crippen LogP contribution in [0.1, 0.15) is 11.1 Å². The van der Waals surface area contributed by atoms with Crippen molar-refractivity contribution in [2.45, 2.75) is 19.0 Å². The second-order valence-electron chi connectivity index (χ2n) is 6.65. The maximum absolute atomic E-state index is 12.9. The summed E-state index contributed by atoms with van der Waals surface area (Å²) in [6, 6.07) is 11.7. The third-order valence-corrected chi connectivity index (χ3v) is 5.68. The van der Waals surface area contributed by atoms with Gasteiger partial charge in [-0.2, -0.15) is 9.67 Å². The minimum absolute atomic E-state index is 0.208. The van der Waals surface area contributed by atoms with Crippen molar-refractivity contribution in [1.82, 2.24) is 19.7 Å². The number of hydrogen-bond donors (Lipinski definition) is 1. The number of aromatic nitrogens is 4. The molecular formula is C21H17ClN4O3S. The second kappa shape index (κ2) is 7.97. The van der Waals surface area contributed by atoms with Gasteiger partial charge >= 0.3 is 0 Å². The van der Waals surface area contributed by atoms with E-state index in [0.717, 1.165) is 15.8 Å². The molecule has 0 saturated carbocycles. The largest absolute Gasteiger partial charge is 0.439 e. The lowest BCUT2D eigenvalue weighted by molar-refractivity contribution is 0.453. The van der Waals surface area contributed by atoms with Gasteiger partial charge < -0.3 is 4.74 Å². The molecule has 0 unspecified atom stereocenters. The Balaban J connectivity index is 1.85. The number of nitrogens with one attached hydrogen (secondary N) is 1. The van der Waals surface area contributed by atoms with E-state index in [2.05, 4.69) is 15.1 Å². The average Bonchev–Trinajstić information content (AvgIpc) is 2.74. The summed E-state index contributed by atoms with van der Waals surface area (Å²) in [5, 5.41) is 4.27. The van der Waals surface area contributed by atoms with Crippen LogP contribution in [0.4, 0.5) is 0 Å². The van der Waals surface area contributed by atoms with Gasteiger partial charge in [0.15, 0.2) is 11.0 Å². The molecule has 30 heavy (non-hydrogen) atoms. The topological polar surface area (TPSA) is 89.9 Å². The molecule has 4 rings (SSSR count). The van der Waals surface area contributed by atoms with Gasteiger partial charge in [-0.1, -0.05) is 35.5 Å². The Morgan fingerprint density at radius 3 is 2.37 bits per heavy atom. The zero-order chi connectivity index (χ0) is 21.4. The van der Waals surface area contributed by atoms with E-state index in [9.17, 15) is 9.59 Å². The van der Waals surface area contributed by atoms with Crippen molar-refractivity contribution in [2.75, 3.05) is 6.26 Å². The summed E-state index contributed by atoms with van der Waals surface area (Å²) < 4.78 is 7.04. The van der Waals surface area contributed by atoms with Gasteiger partial charge in [0.25, 0.3) is 11.1 Å². The molecule has 0 atom stereocenters. The molecule has 2 aromatic carbocycles. The van der Waals surface area contributed by atoms with E-state index < -0.39 is 0 Å². The first-order chi connectivity index (χ1) is 14.4. The highest BCUT2D eigenvalue weighted by atomic mass is 35.5. The van der Waals surface area contributed by atoms with E-state index in [4.69, 9.17) is 16.3 Å². The lowest BCUT2D eigenvalue weighted by Gasteiger charge is -2.12. The predicted octanol–water partition coefficient (Wildman–Crippen LogP) is 4.25. The number of thioether (sulfide) groups is 1. The fourth-order valence-corrected chi connectivity index (χ4v) is 3.57. The van der Waals surface area contributed by atoms with E-state index in [1.807, 2.05) is 20.1 Å². The van der Waals surface area contributed by atoms with Crippen LogP contribution < -0.4 is 15.9 Å². The molecule has 0 aliphatic rings. The Hall–Kier alpha value is -3.10. The molecule has 0 amide bonds. The van der Waals surface area contributed by atoms with Crippen molar-refractivity contribution in [1.29, 1.82) is 0 Å². The molecule has 0 aliphatic heterocycles. The lowest BCUT2D eigenvalue weighted by Crippen LogP contribution is -2.29. The van der Waals surface area contributed by atoms with Gasteiger partial charge in [0.05, 0.1) is 10.8 Å². The molecule has 0 aliphatic carbocycles. The van der Waals surface area contributed by atoms with Crippen molar-refractivity contribution in [3.63, 3.8) is 0 Å². The molecule has 0 bridgehead atoms. The normalized spacial score (nSPS) is 11.1. The number of aryl methyl sites for hydroxylation is 2. The van der Waals surface area contributed by atoms with Gasteiger partial charge in [-0.15, -0.1) is 0 Å². The number of H-pyrrole nitrogens is 1. The number of fused-ring (bicyclic) bond motifs is 1. The summed E-state index contributed by atoms with van der Waals surface area (Å²) in [4.78, 5) is 34.1. The summed E-state index contributed by atoms with van der Waals surface area (Å²) >= 11 is 7.52. The number of rotatable bonds is 4. The number of hydrogen-bond acceptors (Lipinski definition) is 6. The van der Waals surface area contributed by atoms with E-state index in [0.29, 0.717) is 26.7 Å². The van der Waals surface area contributed by atoms with Crippen LogP contribution in [0.3, 0.4) is 0 Å². The highest BCUT2D eigenvalue weighted by Crippen LogP contribution is 2.29. The van der Waals surface area contributed by atoms with E-state index in [-0.39, 0.29) is 22.8 Å². The average molecular weight is 441 g/mol. The third kappa shape index (κ3) is 3.71. The summed E-state index contributed by atoms with van der Waals surface area (Å²) in [6.45, 7) is 3.78. The van der Waals surface area contributed by atoms with Crippen LogP contribution in [0.5, 0.6) is 11.6 Å². The first-order valence-corrected chi connectivity index (χ1v) is 10.6. The Labute approximate surface area is 180 Å². The molecule has 0 spiro atoms. The van der Waals surface area contributed by atoms with Crippen molar-refractivity contribution in [3.8, 4) is 17.4 Å². The Bertz CT molecular complexity index is 1370. The Morgan fingerprint density at radius 1 is 1.03 bits per heavy atom. The summed E-state index contributed by atoms with van der Waals surface area (Å²) in [7, 11) is 0. The zero-order valence-corrected chi connectivity index (χ0v) is 18.0. The van der Waals surface area contributed by atoms with Crippen LogP contribution in [0.15, 0.2) is 57.2 Å². The third-order valence-electron chi connectivity index (χ3n) is 4.53. The van der Waals surface area contributed by atoms with Crippen LogP contribution in [-0.2, 0) is 0 Å². The van der Waals surface area contributed by atoms with Crippen molar-refractivity contribution in [3.05, 3.63) is 79.3 Å². The van der Waals surface area contributed by atoms with Crippen molar-refractivity contribution < 1.29 is 4.74 Å². The summed E-state index contributed by atoms with van der Waals surface area (Å²) in [5.41, 5.74) is 0.975. The highest BCUT2D eigenvalue weighted by Gasteiger charge is 2.14. The molecule has 2 aromatic heterocycles. The maximum atomic E-state index is 12.9. The minimum Gasteiger partial charge on any atom is -0.439 e. The van der Waals surface area contributed by atoms with Crippen LogP contribution in [0, 0.1) is 13.8 Å². The van der Waals surface area contributed by atoms with Gasteiger partial charge in [-0.25, -0.2) is 4.98 Å². The fourth-order valence-electron chi connectivity index (χ4n) is 3.10. The lowest BCUT2D eigenvalue weighted by atomic mass is 10.1. The summed E-state index contributed by atoms with van der Waals surface area (Å²) in [6.07, 6.45) is 1.81.